The van der Waals surface area contributed by atoms with Gasteiger partial charge in [0.15, 0.2) is 17.7 Å². The Kier molecular flexibility index (Phi) is 7.73. The smallest absolute Gasteiger partial charge is 0.237 e. The molecule has 12 nitrogen and oxygen atoms in total. The van der Waals surface area contributed by atoms with E-state index < -0.39 is 30.6 Å². The number of fused-ring (bicyclic) bond motifs is 1. The Morgan fingerprint density at radius 2 is 2.06 bits per heavy atom. The predicted molar refractivity (Wildman–Crippen MR) is 114 cm³/mol. The second-order valence-electron chi connectivity index (χ2n) is 8.01. The number of ether oxygens (including phenoxy) is 1. The van der Waals surface area contributed by atoms with Crippen molar-refractivity contribution in [3.63, 3.8) is 0 Å². The van der Waals surface area contributed by atoms with Crippen molar-refractivity contribution in [1.82, 2.24) is 30.2 Å². The number of hydrogen-bond acceptors (Lipinski definition) is 10. The van der Waals surface area contributed by atoms with Crippen molar-refractivity contribution in [2.45, 2.75) is 62.8 Å². The lowest BCUT2D eigenvalue weighted by Gasteiger charge is -2.42. The van der Waals surface area contributed by atoms with Crippen LogP contribution >= 0.6 is 0 Å². The molecular weight excluding hydrogens is 404 g/mol. The molecule has 3 rings (SSSR count). The Morgan fingerprint density at radius 3 is 2.77 bits per heavy atom. The van der Waals surface area contributed by atoms with Crippen LogP contribution in [0.1, 0.15) is 26.2 Å². The average molecular weight is 437 g/mol. The number of aromatic nitrogens is 4. The molecule has 1 fully saturated rings. The van der Waals surface area contributed by atoms with Gasteiger partial charge in [0, 0.05) is 0 Å². The summed E-state index contributed by atoms with van der Waals surface area (Å²) in [5, 5.41) is 27.2. The summed E-state index contributed by atoms with van der Waals surface area (Å²) in [6.07, 6.45) is 1.09. The minimum atomic E-state index is -1.30. The molecule has 0 radical (unpaired) electrons. The zero-order chi connectivity index (χ0) is 22.5. The highest BCUT2D eigenvalue weighted by Crippen LogP contribution is 2.24. The number of H-pyrrole nitrogens is 1. The van der Waals surface area contributed by atoms with E-state index in [9.17, 15) is 15.0 Å². The molecule has 0 spiro atoms. The lowest BCUT2D eigenvalue weighted by Crippen LogP contribution is -2.65. The molecule has 12 heteroatoms. The van der Waals surface area contributed by atoms with E-state index in [-0.39, 0.29) is 11.9 Å². The first kappa shape index (κ1) is 23.3. The van der Waals surface area contributed by atoms with Crippen LogP contribution in [0.5, 0.6) is 0 Å². The summed E-state index contributed by atoms with van der Waals surface area (Å²) in [5.41, 5.74) is 6.57. The number of nitrogens with one attached hydrogen (secondary N) is 3. The Hall–Kier alpha value is -2.38. The molecule has 0 saturated carbocycles. The first-order chi connectivity index (χ1) is 14.8. The van der Waals surface area contributed by atoms with E-state index >= 15 is 0 Å². The van der Waals surface area contributed by atoms with Gasteiger partial charge in [-0.2, -0.15) is 0 Å². The molecule has 0 aliphatic carbocycles. The third-order valence-corrected chi connectivity index (χ3v) is 5.56. The van der Waals surface area contributed by atoms with Crippen LogP contribution in [0.4, 0.5) is 5.82 Å². The van der Waals surface area contributed by atoms with Crippen LogP contribution < -0.4 is 16.4 Å². The summed E-state index contributed by atoms with van der Waals surface area (Å²) in [4.78, 5) is 29.9. The zero-order valence-electron chi connectivity index (χ0n) is 18.0. The molecule has 3 heterocycles. The maximum absolute atomic E-state index is 12.9. The molecule has 1 aliphatic heterocycles. The molecule has 6 atom stereocenters. The predicted octanol–water partition coefficient (Wildman–Crippen LogP) is -1.22. The van der Waals surface area contributed by atoms with Crippen LogP contribution in [0.3, 0.4) is 0 Å². The van der Waals surface area contributed by atoms with Gasteiger partial charge in [0.2, 0.25) is 5.91 Å². The van der Waals surface area contributed by atoms with Crippen molar-refractivity contribution < 1.29 is 19.7 Å². The highest BCUT2D eigenvalue weighted by Gasteiger charge is 2.44. The highest BCUT2D eigenvalue weighted by atomic mass is 16.5. The van der Waals surface area contributed by atoms with Gasteiger partial charge in [-0.05, 0) is 40.4 Å². The van der Waals surface area contributed by atoms with Crippen LogP contribution in [0.25, 0.3) is 11.2 Å². The SMILES string of the molecule is C[C@@H]1O[C@H](Nc2ncnc3nc[nH]c23)[C@@H](O)[C@H](O)[C@H]1NC(=O)[C@H](CCCCN)N(C)C. The standard InChI is InChI=1S/C19H32N8O4/c1-10-12(25-18(30)11(27(2)3)6-4-5-7-20)14(28)15(29)19(31-10)26-17-13-16(22-8-21-13)23-9-24-17/h8-12,14-15,19,28-29H,4-7,20H2,1-3H3,(H,25,30)(H2,21,22,23,24,26)/t10-,11-,12-,14+,15-,19-/m0/s1. The molecular formula is C19H32N8O4. The topological polar surface area (TPSA) is 175 Å². The molecule has 1 aliphatic rings. The molecule has 0 bridgehead atoms. The molecule has 1 saturated heterocycles. The van der Waals surface area contributed by atoms with Crippen LogP contribution in [0.2, 0.25) is 0 Å². The molecule has 0 unspecified atom stereocenters. The Labute approximate surface area is 180 Å². The van der Waals surface area contributed by atoms with Crippen molar-refractivity contribution in [3.8, 4) is 0 Å². The van der Waals surface area contributed by atoms with Crippen LogP contribution in [-0.2, 0) is 9.53 Å². The van der Waals surface area contributed by atoms with Gasteiger partial charge < -0.3 is 36.3 Å². The fourth-order valence-electron chi connectivity index (χ4n) is 3.76. The second-order valence-corrected chi connectivity index (χ2v) is 8.01. The zero-order valence-corrected chi connectivity index (χ0v) is 18.0. The number of unbranched alkanes of at least 4 members (excludes halogenated alkanes) is 1. The van der Waals surface area contributed by atoms with E-state index in [1.165, 1.54) is 12.7 Å². The largest absolute Gasteiger partial charge is 0.388 e. The van der Waals surface area contributed by atoms with Gasteiger partial charge in [0.1, 0.15) is 24.1 Å². The van der Waals surface area contributed by atoms with E-state index in [0.717, 1.165) is 12.8 Å². The maximum Gasteiger partial charge on any atom is 0.237 e. The molecule has 7 N–H and O–H groups in total. The lowest BCUT2D eigenvalue weighted by molar-refractivity contribution is -0.173. The van der Waals surface area contributed by atoms with Crippen molar-refractivity contribution in [1.29, 1.82) is 0 Å². The minimum absolute atomic E-state index is 0.227. The van der Waals surface area contributed by atoms with Gasteiger partial charge >= 0.3 is 0 Å². The first-order valence-corrected chi connectivity index (χ1v) is 10.4. The Balaban J connectivity index is 1.66. The second kappa shape index (κ2) is 10.3. The number of amides is 1. The van der Waals surface area contributed by atoms with E-state index in [1.54, 1.807) is 6.92 Å². The van der Waals surface area contributed by atoms with E-state index in [0.29, 0.717) is 29.9 Å². The van der Waals surface area contributed by atoms with Crippen molar-refractivity contribution in [3.05, 3.63) is 12.7 Å². The third kappa shape index (κ3) is 5.28. The van der Waals surface area contributed by atoms with Gasteiger partial charge in [-0.15, -0.1) is 0 Å². The number of hydrogen-bond donors (Lipinski definition) is 6. The molecule has 31 heavy (non-hydrogen) atoms. The van der Waals surface area contributed by atoms with Gasteiger partial charge in [-0.1, -0.05) is 6.42 Å². The number of nitrogens with zero attached hydrogens (tertiary/aromatic N) is 4. The number of aliphatic hydroxyl groups is 2. The van der Waals surface area contributed by atoms with E-state index in [2.05, 4.69) is 30.6 Å². The normalized spacial score (nSPS) is 27.4. The number of rotatable bonds is 9. The molecule has 2 aromatic heterocycles. The van der Waals surface area contributed by atoms with Gasteiger partial charge in [-0.3, -0.25) is 9.69 Å². The Morgan fingerprint density at radius 1 is 1.29 bits per heavy atom. The van der Waals surface area contributed by atoms with Gasteiger partial charge in [-0.25, -0.2) is 15.0 Å². The maximum atomic E-state index is 12.9. The number of anilines is 1. The fraction of sp³-hybridized carbons (Fsp3) is 0.684. The van der Waals surface area contributed by atoms with Crippen LogP contribution in [-0.4, -0.2) is 98.2 Å². The first-order valence-electron chi connectivity index (χ1n) is 10.4. The molecule has 172 valence electrons. The molecule has 0 aromatic carbocycles. The summed E-state index contributed by atoms with van der Waals surface area (Å²) < 4.78 is 5.89. The quantitative estimate of drug-likeness (QED) is 0.261. The number of aliphatic hydroxyl groups excluding tert-OH is 2. The van der Waals surface area contributed by atoms with Crippen LogP contribution in [0, 0.1) is 0 Å². The van der Waals surface area contributed by atoms with Gasteiger partial charge in [0.05, 0.1) is 24.5 Å². The van der Waals surface area contributed by atoms with Gasteiger partial charge in [0.25, 0.3) is 0 Å². The summed E-state index contributed by atoms with van der Waals surface area (Å²) in [7, 11) is 3.66. The number of nitrogens with two attached hydrogens (primary N) is 1. The lowest BCUT2D eigenvalue weighted by atomic mass is 9.95. The summed E-state index contributed by atoms with van der Waals surface area (Å²) in [5.74, 6) is 0.163. The van der Waals surface area contributed by atoms with Crippen molar-refractivity contribution >= 4 is 22.9 Å². The van der Waals surface area contributed by atoms with E-state index in [4.69, 9.17) is 10.5 Å². The number of carbonyl (C=O) groups is 1. The monoisotopic (exact) mass is 436 g/mol. The average Bonchev–Trinajstić information content (AvgIpc) is 3.22. The fourth-order valence-corrected chi connectivity index (χ4v) is 3.76. The van der Waals surface area contributed by atoms with Crippen LogP contribution in [0.15, 0.2) is 12.7 Å². The summed E-state index contributed by atoms with van der Waals surface area (Å²) in [6.45, 7) is 2.31. The highest BCUT2D eigenvalue weighted by molar-refractivity contribution is 5.82. The minimum Gasteiger partial charge on any atom is -0.388 e. The van der Waals surface area contributed by atoms with E-state index in [1.807, 2.05) is 19.0 Å². The molecule has 1 amide bonds. The number of imidazole rings is 1. The Bertz CT molecular complexity index is 862. The number of aromatic amines is 1. The number of carbonyl (C=O) groups excluding carboxylic acids is 1. The van der Waals surface area contributed by atoms with Crippen molar-refractivity contribution in [2.75, 3.05) is 26.0 Å². The summed E-state index contributed by atoms with van der Waals surface area (Å²) >= 11 is 0. The summed E-state index contributed by atoms with van der Waals surface area (Å²) in [6, 6.07) is -1.14. The third-order valence-electron chi connectivity index (χ3n) is 5.56. The van der Waals surface area contributed by atoms with Crippen molar-refractivity contribution in [2.24, 2.45) is 5.73 Å². The number of likely N-dealkylation sites (N-methyl/N-ethyl adjacent to an activating group) is 1. The molecule has 2 aromatic rings.